The van der Waals surface area contributed by atoms with Crippen LogP contribution in [-0.2, 0) is 13.1 Å². The lowest BCUT2D eigenvalue weighted by Gasteiger charge is -2.02. The molecule has 0 bridgehead atoms. The summed E-state index contributed by atoms with van der Waals surface area (Å²) in [5, 5.41) is 0. The molecule has 0 aromatic carbocycles. The Morgan fingerprint density at radius 1 is 0.538 bits per heavy atom. The van der Waals surface area contributed by atoms with Crippen LogP contribution in [0.3, 0.4) is 0 Å². The lowest BCUT2D eigenvalue weighted by molar-refractivity contribution is -0.698. The van der Waals surface area contributed by atoms with E-state index in [1.165, 1.54) is 98.4 Å². The average molecular weight is 395 g/mol. The molecule has 0 fully saturated rings. The molecule has 0 amide bonds. The number of rotatable bonds is 13. The second kappa shape index (κ2) is 11.9. The fraction of sp³-hybridized carbons (Fsp3) is 0.727. The van der Waals surface area contributed by atoms with Crippen molar-refractivity contribution in [1.82, 2.24) is 0 Å². The Labute approximate surface area is 168 Å². The van der Waals surface area contributed by atoms with Gasteiger partial charge in [-0.2, -0.15) is 9.13 Å². The van der Waals surface area contributed by atoms with E-state index in [0.29, 0.717) is 0 Å². The SMILES string of the molecule is Cc1sc[n+](CCCCCCCCCCCC[n+]2csc(C)c2C)c1C. The number of aryl methyl sites for hydroxylation is 4. The van der Waals surface area contributed by atoms with Crippen molar-refractivity contribution < 1.29 is 9.13 Å². The standard InChI is InChI=1S/C22H38N2S2/c1-19-21(3)25-17-23(19)15-13-11-9-7-5-6-8-10-12-14-16-24-18-26-22(4)20(24)2/h17-18H,5-16H2,1-4H3/q+2. The molecule has 0 unspecified atom stereocenters. The number of hydrogen-bond acceptors (Lipinski definition) is 2. The van der Waals surface area contributed by atoms with Gasteiger partial charge in [0.25, 0.3) is 0 Å². The third-order valence-corrected chi connectivity index (χ3v) is 7.66. The van der Waals surface area contributed by atoms with Crippen molar-refractivity contribution in [3.05, 3.63) is 32.2 Å². The zero-order valence-electron chi connectivity index (χ0n) is 17.4. The normalized spacial score (nSPS) is 11.4. The smallest absolute Gasteiger partial charge is 0.193 e. The van der Waals surface area contributed by atoms with E-state index in [-0.39, 0.29) is 0 Å². The number of aromatic nitrogens is 2. The summed E-state index contributed by atoms with van der Waals surface area (Å²) in [4.78, 5) is 2.92. The fourth-order valence-corrected chi connectivity index (χ4v) is 5.11. The van der Waals surface area contributed by atoms with Crippen LogP contribution in [0.2, 0.25) is 0 Å². The molecule has 0 aliphatic carbocycles. The lowest BCUT2D eigenvalue weighted by atomic mass is 10.1. The third kappa shape index (κ3) is 7.11. The molecule has 0 spiro atoms. The van der Waals surface area contributed by atoms with Crippen LogP contribution in [0.15, 0.2) is 11.0 Å². The lowest BCUT2D eigenvalue weighted by Crippen LogP contribution is -2.34. The first-order chi connectivity index (χ1) is 12.6. The number of hydrogen-bond donors (Lipinski definition) is 0. The quantitative estimate of drug-likeness (QED) is 0.281. The monoisotopic (exact) mass is 394 g/mol. The van der Waals surface area contributed by atoms with E-state index in [1.54, 1.807) is 0 Å². The van der Waals surface area contributed by atoms with Crippen LogP contribution in [-0.4, -0.2) is 0 Å². The first-order valence-electron chi connectivity index (χ1n) is 10.5. The Hall–Kier alpha value is -0.740. The predicted molar refractivity (Wildman–Crippen MR) is 114 cm³/mol. The highest BCUT2D eigenvalue weighted by Gasteiger charge is 2.11. The molecule has 2 rings (SSSR count). The second-order valence-corrected chi connectivity index (χ2v) is 9.77. The van der Waals surface area contributed by atoms with Gasteiger partial charge >= 0.3 is 0 Å². The van der Waals surface area contributed by atoms with Gasteiger partial charge in [0, 0.05) is 26.7 Å². The van der Waals surface area contributed by atoms with E-state index < -0.39 is 0 Å². The molecule has 0 N–H and O–H groups in total. The van der Waals surface area contributed by atoms with E-state index in [0.717, 1.165) is 0 Å². The highest BCUT2D eigenvalue weighted by atomic mass is 32.1. The number of unbranched alkanes of at least 4 members (excludes halogenated alkanes) is 9. The van der Waals surface area contributed by atoms with Crippen molar-refractivity contribution in [2.75, 3.05) is 0 Å². The first kappa shape index (κ1) is 21.6. The maximum Gasteiger partial charge on any atom is 0.225 e. The summed E-state index contributed by atoms with van der Waals surface area (Å²) in [6.45, 7) is 11.3. The molecule has 26 heavy (non-hydrogen) atoms. The van der Waals surface area contributed by atoms with Crippen LogP contribution < -0.4 is 9.13 Å². The summed E-state index contributed by atoms with van der Waals surface area (Å²) in [6, 6.07) is 0. The molecular weight excluding hydrogens is 356 g/mol. The predicted octanol–water partition coefficient (Wildman–Crippen LogP) is 6.22. The minimum absolute atomic E-state index is 1.21. The summed E-state index contributed by atoms with van der Waals surface area (Å²) < 4.78 is 4.86. The van der Waals surface area contributed by atoms with Gasteiger partial charge in [0.1, 0.15) is 13.1 Å². The molecule has 0 aliphatic heterocycles. The maximum atomic E-state index is 2.43. The van der Waals surface area contributed by atoms with E-state index in [1.807, 2.05) is 22.7 Å². The third-order valence-electron chi connectivity index (χ3n) is 5.64. The Morgan fingerprint density at radius 2 is 0.846 bits per heavy atom. The van der Waals surface area contributed by atoms with Gasteiger partial charge in [-0.1, -0.05) is 61.2 Å². The van der Waals surface area contributed by atoms with Gasteiger partial charge in [-0.15, -0.1) is 0 Å². The Balaban J connectivity index is 1.37. The van der Waals surface area contributed by atoms with Gasteiger partial charge in [0.2, 0.25) is 11.0 Å². The van der Waals surface area contributed by atoms with Crippen LogP contribution in [0.4, 0.5) is 0 Å². The highest BCUT2D eigenvalue weighted by Crippen LogP contribution is 2.13. The average Bonchev–Trinajstić information content (AvgIpc) is 3.12. The highest BCUT2D eigenvalue weighted by molar-refractivity contribution is 7.09. The summed E-state index contributed by atoms with van der Waals surface area (Å²) in [7, 11) is 0. The van der Waals surface area contributed by atoms with Crippen LogP contribution >= 0.6 is 22.7 Å². The molecule has 0 saturated carbocycles. The minimum atomic E-state index is 1.21. The van der Waals surface area contributed by atoms with Crippen LogP contribution in [0, 0.1) is 27.7 Å². The van der Waals surface area contributed by atoms with Crippen molar-refractivity contribution in [2.45, 2.75) is 105 Å². The van der Waals surface area contributed by atoms with Crippen molar-refractivity contribution in [3.63, 3.8) is 0 Å². The molecule has 2 aromatic heterocycles. The largest absolute Gasteiger partial charge is 0.225 e. The fourth-order valence-electron chi connectivity index (χ4n) is 3.44. The van der Waals surface area contributed by atoms with Crippen molar-refractivity contribution in [1.29, 1.82) is 0 Å². The molecule has 2 nitrogen and oxygen atoms in total. The van der Waals surface area contributed by atoms with E-state index in [9.17, 15) is 0 Å². The Morgan fingerprint density at radius 3 is 1.12 bits per heavy atom. The van der Waals surface area contributed by atoms with E-state index in [2.05, 4.69) is 47.9 Å². The molecule has 4 heteroatoms. The first-order valence-corrected chi connectivity index (χ1v) is 12.2. The summed E-state index contributed by atoms with van der Waals surface area (Å²) in [6.07, 6.45) is 14.0. The van der Waals surface area contributed by atoms with Gasteiger partial charge < -0.3 is 0 Å². The number of nitrogens with zero attached hydrogens (tertiary/aromatic N) is 2. The molecular formula is C22H38N2S2+2. The zero-order chi connectivity index (χ0) is 18.8. The van der Waals surface area contributed by atoms with Gasteiger partial charge in [0.05, 0.1) is 9.75 Å². The van der Waals surface area contributed by atoms with Gasteiger partial charge in [-0.05, 0) is 26.7 Å². The Kier molecular flexibility index (Phi) is 9.84. The van der Waals surface area contributed by atoms with Gasteiger partial charge in [-0.3, -0.25) is 0 Å². The maximum absolute atomic E-state index is 2.43. The molecule has 2 heterocycles. The molecule has 0 aliphatic rings. The summed E-state index contributed by atoms with van der Waals surface area (Å²) in [5.41, 5.74) is 7.48. The molecule has 0 atom stereocenters. The van der Waals surface area contributed by atoms with Crippen molar-refractivity contribution >= 4 is 22.7 Å². The van der Waals surface area contributed by atoms with Gasteiger partial charge in [-0.25, -0.2) is 0 Å². The zero-order valence-corrected chi connectivity index (χ0v) is 19.0. The van der Waals surface area contributed by atoms with Crippen LogP contribution in [0.5, 0.6) is 0 Å². The van der Waals surface area contributed by atoms with Gasteiger partial charge in [0.15, 0.2) is 11.4 Å². The number of thiazole rings is 2. The summed E-state index contributed by atoms with van der Waals surface area (Å²) in [5.74, 6) is 0. The molecule has 0 saturated heterocycles. The summed E-state index contributed by atoms with van der Waals surface area (Å²) >= 11 is 3.75. The van der Waals surface area contributed by atoms with E-state index in [4.69, 9.17) is 0 Å². The van der Waals surface area contributed by atoms with Crippen molar-refractivity contribution in [2.24, 2.45) is 0 Å². The Bertz CT molecular complexity index is 586. The van der Waals surface area contributed by atoms with Crippen molar-refractivity contribution in [3.8, 4) is 0 Å². The van der Waals surface area contributed by atoms with Crippen LogP contribution in [0.25, 0.3) is 0 Å². The minimum Gasteiger partial charge on any atom is -0.193 e. The topological polar surface area (TPSA) is 7.76 Å². The second-order valence-electron chi connectivity index (χ2n) is 7.65. The van der Waals surface area contributed by atoms with E-state index >= 15 is 0 Å². The van der Waals surface area contributed by atoms with Crippen LogP contribution in [0.1, 0.15) is 85.4 Å². The molecule has 146 valence electrons. The molecule has 2 aromatic rings. The molecule has 0 radical (unpaired) electrons.